The molecular formula is C9H17NO4S. The summed E-state index contributed by atoms with van der Waals surface area (Å²) in [6.07, 6.45) is 1.45. The molecule has 0 aromatic heterocycles. The van der Waals surface area contributed by atoms with Crippen LogP contribution in [0.1, 0.15) is 19.8 Å². The molecule has 0 radical (unpaired) electrons. The number of rotatable bonds is 7. The highest BCUT2D eigenvalue weighted by atomic mass is 32.2. The van der Waals surface area contributed by atoms with E-state index < -0.39 is 24.0 Å². The first-order valence-corrected chi connectivity index (χ1v) is 6.06. The number of aliphatic carboxylic acids is 1. The third-order valence-corrected chi connectivity index (χ3v) is 2.37. The number of carbonyl (C=O) groups excluding carboxylic acids is 1. The highest BCUT2D eigenvalue weighted by Gasteiger charge is 2.19. The average Bonchev–Trinajstić information content (AvgIpc) is 2.10. The molecular weight excluding hydrogens is 218 g/mol. The van der Waals surface area contributed by atoms with Crippen molar-refractivity contribution in [2.75, 3.05) is 12.0 Å². The number of nitrogens with one attached hydrogen (secondary N) is 1. The maximum Gasteiger partial charge on any atom is 0.326 e. The van der Waals surface area contributed by atoms with Gasteiger partial charge in [0.15, 0.2) is 0 Å². The van der Waals surface area contributed by atoms with Crippen molar-refractivity contribution in [1.29, 1.82) is 0 Å². The Morgan fingerprint density at radius 2 is 2.07 bits per heavy atom. The van der Waals surface area contributed by atoms with Crippen molar-refractivity contribution in [2.45, 2.75) is 31.9 Å². The number of aliphatic hydroxyl groups is 1. The van der Waals surface area contributed by atoms with E-state index in [2.05, 4.69) is 5.32 Å². The third kappa shape index (κ3) is 7.21. The monoisotopic (exact) mass is 235 g/mol. The molecule has 0 aromatic rings. The summed E-state index contributed by atoms with van der Waals surface area (Å²) < 4.78 is 0. The minimum atomic E-state index is -1.04. The van der Waals surface area contributed by atoms with Gasteiger partial charge in [0.2, 0.25) is 5.91 Å². The van der Waals surface area contributed by atoms with Gasteiger partial charge in [-0.2, -0.15) is 11.8 Å². The van der Waals surface area contributed by atoms with Crippen LogP contribution in [-0.4, -0.2) is 46.2 Å². The van der Waals surface area contributed by atoms with Gasteiger partial charge in [-0.25, -0.2) is 4.79 Å². The summed E-state index contributed by atoms with van der Waals surface area (Å²) in [5.74, 6) is -0.798. The SMILES string of the molecule is CSCC[C@H](NC(=O)C[C@@H](C)O)C(=O)O. The van der Waals surface area contributed by atoms with E-state index in [0.29, 0.717) is 12.2 Å². The van der Waals surface area contributed by atoms with Gasteiger partial charge in [0, 0.05) is 0 Å². The smallest absolute Gasteiger partial charge is 0.326 e. The van der Waals surface area contributed by atoms with E-state index in [0.717, 1.165) is 0 Å². The molecule has 0 aliphatic heterocycles. The van der Waals surface area contributed by atoms with Crippen LogP contribution in [-0.2, 0) is 9.59 Å². The van der Waals surface area contributed by atoms with Crippen molar-refractivity contribution in [3.05, 3.63) is 0 Å². The summed E-state index contributed by atoms with van der Waals surface area (Å²) in [6, 6.07) is -0.858. The first-order chi connectivity index (χ1) is 6.97. The Morgan fingerprint density at radius 1 is 1.47 bits per heavy atom. The molecule has 0 rings (SSSR count). The van der Waals surface area contributed by atoms with Crippen LogP contribution in [0.25, 0.3) is 0 Å². The largest absolute Gasteiger partial charge is 0.480 e. The van der Waals surface area contributed by atoms with Crippen molar-refractivity contribution in [3.8, 4) is 0 Å². The van der Waals surface area contributed by atoms with Gasteiger partial charge in [-0.3, -0.25) is 4.79 Å². The van der Waals surface area contributed by atoms with Crippen LogP contribution in [0.2, 0.25) is 0 Å². The van der Waals surface area contributed by atoms with Crippen molar-refractivity contribution in [3.63, 3.8) is 0 Å². The number of carboxylic acids is 1. The highest BCUT2D eigenvalue weighted by molar-refractivity contribution is 7.98. The van der Waals surface area contributed by atoms with Gasteiger partial charge < -0.3 is 15.5 Å². The van der Waals surface area contributed by atoms with E-state index in [4.69, 9.17) is 10.2 Å². The molecule has 0 aliphatic rings. The first kappa shape index (κ1) is 14.2. The van der Waals surface area contributed by atoms with Crippen LogP contribution in [0.15, 0.2) is 0 Å². The maximum absolute atomic E-state index is 11.2. The van der Waals surface area contributed by atoms with Gasteiger partial charge in [-0.1, -0.05) is 0 Å². The van der Waals surface area contributed by atoms with Gasteiger partial charge >= 0.3 is 5.97 Å². The molecule has 1 amide bonds. The topological polar surface area (TPSA) is 86.6 Å². The van der Waals surface area contributed by atoms with Crippen LogP contribution in [0.3, 0.4) is 0 Å². The Morgan fingerprint density at radius 3 is 2.47 bits per heavy atom. The molecule has 0 unspecified atom stereocenters. The van der Waals surface area contributed by atoms with Crippen molar-refractivity contribution in [2.24, 2.45) is 0 Å². The zero-order chi connectivity index (χ0) is 11.8. The molecule has 88 valence electrons. The first-order valence-electron chi connectivity index (χ1n) is 4.66. The number of hydrogen-bond donors (Lipinski definition) is 3. The predicted molar refractivity (Wildman–Crippen MR) is 58.9 cm³/mol. The van der Waals surface area contributed by atoms with Gasteiger partial charge in [0.1, 0.15) is 6.04 Å². The summed E-state index contributed by atoms with van der Waals surface area (Å²) in [4.78, 5) is 21.9. The van der Waals surface area contributed by atoms with E-state index in [1.165, 1.54) is 18.7 Å². The van der Waals surface area contributed by atoms with Gasteiger partial charge in [0.25, 0.3) is 0 Å². The molecule has 0 saturated heterocycles. The maximum atomic E-state index is 11.2. The van der Waals surface area contributed by atoms with Gasteiger partial charge in [-0.05, 0) is 25.4 Å². The molecule has 0 aromatic carbocycles. The van der Waals surface area contributed by atoms with Crippen LogP contribution in [0.4, 0.5) is 0 Å². The summed E-state index contributed by atoms with van der Waals surface area (Å²) >= 11 is 1.52. The number of aliphatic hydroxyl groups excluding tert-OH is 1. The number of thioether (sulfide) groups is 1. The second-order valence-electron chi connectivity index (χ2n) is 3.29. The Balaban J connectivity index is 4.04. The van der Waals surface area contributed by atoms with E-state index in [-0.39, 0.29) is 6.42 Å². The van der Waals surface area contributed by atoms with Crippen LogP contribution in [0.5, 0.6) is 0 Å². The Hall–Kier alpha value is -0.750. The van der Waals surface area contributed by atoms with E-state index >= 15 is 0 Å². The fourth-order valence-corrected chi connectivity index (χ4v) is 1.49. The fourth-order valence-electron chi connectivity index (χ4n) is 1.01. The molecule has 2 atom stereocenters. The Kier molecular flexibility index (Phi) is 7.15. The molecule has 0 bridgehead atoms. The standard InChI is InChI=1S/C9H17NO4S/c1-6(11)5-8(12)10-7(9(13)14)3-4-15-2/h6-7,11H,3-5H2,1-2H3,(H,10,12)(H,13,14)/t6-,7+/m1/s1. The highest BCUT2D eigenvalue weighted by Crippen LogP contribution is 2.02. The van der Waals surface area contributed by atoms with Crippen LogP contribution < -0.4 is 5.32 Å². The van der Waals surface area contributed by atoms with Gasteiger partial charge in [0.05, 0.1) is 12.5 Å². The second kappa shape index (κ2) is 7.53. The number of hydrogen-bond acceptors (Lipinski definition) is 4. The zero-order valence-corrected chi connectivity index (χ0v) is 9.71. The molecule has 0 saturated carbocycles. The Bertz CT molecular complexity index is 220. The van der Waals surface area contributed by atoms with Crippen molar-refractivity contribution < 1.29 is 19.8 Å². The lowest BCUT2D eigenvalue weighted by Gasteiger charge is -2.14. The summed E-state index contributed by atoms with van der Waals surface area (Å²) in [5, 5.41) is 20.1. The molecule has 6 heteroatoms. The number of carbonyl (C=O) groups is 2. The molecule has 15 heavy (non-hydrogen) atoms. The molecule has 0 fully saturated rings. The lowest BCUT2D eigenvalue weighted by Crippen LogP contribution is -2.42. The van der Waals surface area contributed by atoms with Gasteiger partial charge in [-0.15, -0.1) is 0 Å². The average molecular weight is 235 g/mol. The zero-order valence-electron chi connectivity index (χ0n) is 8.90. The van der Waals surface area contributed by atoms with E-state index in [9.17, 15) is 9.59 Å². The number of carboxylic acid groups (broad SMARTS) is 1. The van der Waals surface area contributed by atoms with Crippen molar-refractivity contribution in [1.82, 2.24) is 5.32 Å². The Labute approximate surface area is 93.2 Å². The molecule has 0 aliphatic carbocycles. The lowest BCUT2D eigenvalue weighted by molar-refractivity contribution is -0.142. The molecule has 0 heterocycles. The van der Waals surface area contributed by atoms with Crippen LogP contribution in [0, 0.1) is 0 Å². The minimum absolute atomic E-state index is 0.0664. The normalized spacial score (nSPS) is 14.3. The summed E-state index contributed by atoms with van der Waals surface area (Å²) in [7, 11) is 0. The van der Waals surface area contributed by atoms with E-state index in [1.807, 2.05) is 6.26 Å². The van der Waals surface area contributed by atoms with E-state index in [1.54, 1.807) is 0 Å². The van der Waals surface area contributed by atoms with Crippen molar-refractivity contribution >= 4 is 23.6 Å². The number of amides is 1. The van der Waals surface area contributed by atoms with Crippen LogP contribution >= 0.6 is 11.8 Å². The predicted octanol–water partition coefficient (Wildman–Crippen LogP) is 0.0798. The molecule has 0 spiro atoms. The lowest BCUT2D eigenvalue weighted by atomic mass is 10.2. The fraction of sp³-hybridized carbons (Fsp3) is 0.778. The minimum Gasteiger partial charge on any atom is -0.480 e. The molecule has 5 nitrogen and oxygen atoms in total. The summed E-state index contributed by atoms with van der Waals surface area (Å²) in [5.41, 5.74) is 0. The second-order valence-corrected chi connectivity index (χ2v) is 4.28. The quantitative estimate of drug-likeness (QED) is 0.582. The summed E-state index contributed by atoms with van der Waals surface area (Å²) in [6.45, 7) is 1.48. The third-order valence-electron chi connectivity index (χ3n) is 1.72. The molecule has 3 N–H and O–H groups in total.